The van der Waals surface area contributed by atoms with Crippen molar-refractivity contribution in [3.63, 3.8) is 0 Å². The van der Waals surface area contributed by atoms with Gasteiger partial charge in [0, 0.05) is 32.1 Å². The van der Waals surface area contributed by atoms with Crippen LogP contribution in [0.5, 0.6) is 0 Å². The van der Waals surface area contributed by atoms with E-state index in [1.807, 2.05) is 0 Å². The van der Waals surface area contributed by atoms with E-state index in [4.69, 9.17) is 27.9 Å². The molecule has 0 saturated heterocycles. The predicted octanol–water partition coefficient (Wildman–Crippen LogP) is 2.89. The van der Waals surface area contributed by atoms with Crippen LogP contribution in [0.2, 0.25) is 10.2 Å². The zero-order valence-electron chi connectivity index (χ0n) is 12.2. The van der Waals surface area contributed by atoms with Crippen LogP contribution in [0.3, 0.4) is 0 Å². The highest BCUT2D eigenvalue weighted by Gasteiger charge is 2.25. The zero-order chi connectivity index (χ0) is 16.2. The molecule has 5 nitrogen and oxygen atoms in total. The molecule has 21 heavy (non-hydrogen) atoms. The van der Waals surface area contributed by atoms with Crippen molar-refractivity contribution in [2.75, 3.05) is 20.7 Å². The number of nitrogens with zero attached hydrogens (tertiary/aromatic N) is 2. The van der Waals surface area contributed by atoms with Crippen LogP contribution in [0.25, 0.3) is 0 Å². The fourth-order valence-corrected chi connectivity index (χ4v) is 1.96. The summed E-state index contributed by atoms with van der Waals surface area (Å²) >= 11 is 12.0. The quantitative estimate of drug-likeness (QED) is 0.207. The Hall–Kier alpha value is -1.59. The van der Waals surface area contributed by atoms with Crippen molar-refractivity contribution in [2.45, 2.75) is 13.8 Å². The highest BCUT2D eigenvalue weighted by molar-refractivity contribution is 6.39. The third kappa shape index (κ3) is 4.19. The van der Waals surface area contributed by atoms with Crippen LogP contribution in [-0.4, -0.2) is 42.3 Å². The second-order valence-corrected chi connectivity index (χ2v) is 5.19. The topological polar surface area (TPSA) is 59.5 Å². The minimum Gasteiger partial charge on any atom is -0.462 e. The summed E-state index contributed by atoms with van der Waals surface area (Å²) in [6, 6.07) is 0. The van der Waals surface area contributed by atoms with E-state index >= 15 is 0 Å². The summed E-state index contributed by atoms with van der Waals surface area (Å²) in [7, 11) is 3.39. The van der Waals surface area contributed by atoms with Gasteiger partial charge in [-0.2, -0.15) is 0 Å². The Morgan fingerprint density at radius 2 is 2.00 bits per heavy atom. The van der Waals surface area contributed by atoms with Crippen molar-refractivity contribution in [1.29, 1.82) is 0 Å². The maximum absolute atomic E-state index is 12.5. The molecule has 0 aliphatic carbocycles. The number of carbonyl (C=O) groups is 2. The number of Topliss-reactive ketones (excluding diaryl/α,β-unsaturated/α-hetero) is 1. The van der Waals surface area contributed by atoms with E-state index in [1.54, 1.807) is 32.8 Å². The zero-order valence-corrected chi connectivity index (χ0v) is 13.7. The molecule has 0 N–H and O–H groups in total. The van der Waals surface area contributed by atoms with E-state index in [2.05, 4.69) is 4.98 Å². The number of rotatable bonds is 5. The summed E-state index contributed by atoms with van der Waals surface area (Å²) in [4.78, 5) is 29.9. The highest BCUT2D eigenvalue weighted by atomic mass is 35.5. The molecule has 0 spiro atoms. The number of ether oxygens (including phenoxy) is 1. The van der Waals surface area contributed by atoms with Gasteiger partial charge in [0.2, 0.25) is 5.78 Å². The maximum Gasteiger partial charge on any atom is 0.343 e. The van der Waals surface area contributed by atoms with Crippen molar-refractivity contribution in [3.05, 3.63) is 39.3 Å². The number of carbonyl (C=O) groups excluding carboxylic acids is 2. The first-order chi connectivity index (χ1) is 9.79. The van der Waals surface area contributed by atoms with Gasteiger partial charge in [0.25, 0.3) is 0 Å². The summed E-state index contributed by atoms with van der Waals surface area (Å²) in [6.45, 7) is 3.48. The molecule has 0 radical (unpaired) electrons. The van der Waals surface area contributed by atoms with Gasteiger partial charge in [-0.1, -0.05) is 23.2 Å². The Labute approximate surface area is 133 Å². The van der Waals surface area contributed by atoms with Gasteiger partial charge in [-0.15, -0.1) is 0 Å². The van der Waals surface area contributed by atoms with Crippen LogP contribution in [0.15, 0.2) is 18.0 Å². The van der Waals surface area contributed by atoms with Gasteiger partial charge < -0.3 is 9.64 Å². The van der Waals surface area contributed by atoms with E-state index < -0.39 is 11.8 Å². The Morgan fingerprint density at radius 1 is 1.38 bits per heavy atom. The van der Waals surface area contributed by atoms with Gasteiger partial charge >= 0.3 is 5.97 Å². The van der Waals surface area contributed by atoms with Crippen molar-refractivity contribution in [2.24, 2.45) is 0 Å². The van der Waals surface area contributed by atoms with E-state index in [9.17, 15) is 9.59 Å². The molecule has 0 amide bonds. The average Bonchev–Trinajstić information content (AvgIpc) is 2.41. The van der Waals surface area contributed by atoms with Gasteiger partial charge in [0.1, 0.15) is 10.7 Å². The van der Waals surface area contributed by atoms with E-state index in [1.165, 1.54) is 12.4 Å². The molecule has 1 aromatic rings. The lowest BCUT2D eigenvalue weighted by Crippen LogP contribution is -2.20. The van der Waals surface area contributed by atoms with Crippen LogP contribution in [0.1, 0.15) is 22.8 Å². The van der Waals surface area contributed by atoms with Gasteiger partial charge in [-0.3, -0.25) is 4.79 Å². The molecule has 114 valence electrons. The molecule has 0 bridgehead atoms. The summed E-state index contributed by atoms with van der Waals surface area (Å²) in [5, 5.41) is 0.389. The highest BCUT2D eigenvalue weighted by Crippen LogP contribution is 2.27. The van der Waals surface area contributed by atoms with Gasteiger partial charge in [0.15, 0.2) is 0 Å². The first-order valence-corrected chi connectivity index (χ1v) is 6.95. The second-order valence-electron chi connectivity index (χ2n) is 4.46. The van der Waals surface area contributed by atoms with Crippen LogP contribution in [0.4, 0.5) is 0 Å². The van der Waals surface area contributed by atoms with Crippen LogP contribution in [0, 0.1) is 6.92 Å². The Kier molecular flexibility index (Phi) is 6.18. The number of pyridine rings is 1. The molecule has 0 unspecified atom stereocenters. The minimum atomic E-state index is -0.708. The summed E-state index contributed by atoms with van der Waals surface area (Å²) in [5.41, 5.74) is 0.476. The third-order valence-corrected chi connectivity index (χ3v) is 3.42. The first-order valence-electron chi connectivity index (χ1n) is 6.20. The SMILES string of the molecule is CCOC(=O)/C(=C\N(C)C)C(=O)c1cnc(Cl)c(C)c1Cl. The third-order valence-electron chi connectivity index (χ3n) is 2.55. The number of halogens is 2. The number of esters is 1. The van der Waals surface area contributed by atoms with Gasteiger partial charge in [0.05, 0.1) is 17.2 Å². The van der Waals surface area contributed by atoms with Crippen molar-refractivity contribution in [3.8, 4) is 0 Å². The minimum absolute atomic E-state index is 0.111. The molecule has 7 heteroatoms. The maximum atomic E-state index is 12.5. The van der Waals surface area contributed by atoms with E-state index in [0.29, 0.717) is 5.56 Å². The standard InChI is InChI=1S/C14H16Cl2N2O3/c1-5-21-14(20)10(7-18(3)4)12(19)9-6-17-13(16)8(2)11(9)15/h6-7H,5H2,1-4H3/b10-7-. The molecular weight excluding hydrogens is 315 g/mol. The normalized spacial score (nSPS) is 11.2. The number of aromatic nitrogens is 1. The fourth-order valence-electron chi connectivity index (χ4n) is 1.54. The molecule has 1 heterocycles. The van der Waals surface area contributed by atoms with Gasteiger partial charge in [-0.05, 0) is 13.8 Å². The lowest BCUT2D eigenvalue weighted by Gasteiger charge is -2.12. The molecule has 1 rings (SSSR count). The smallest absolute Gasteiger partial charge is 0.343 e. The Balaban J connectivity index is 3.30. The molecule has 0 fully saturated rings. The van der Waals surface area contributed by atoms with Crippen molar-refractivity contribution >= 4 is 35.0 Å². The predicted molar refractivity (Wildman–Crippen MR) is 81.7 cm³/mol. The fraction of sp³-hybridized carbons (Fsp3) is 0.357. The van der Waals surface area contributed by atoms with Gasteiger partial charge in [-0.25, -0.2) is 9.78 Å². The average molecular weight is 331 g/mol. The molecule has 1 aromatic heterocycles. The number of ketones is 1. The monoisotopic (exact) mass is 330 g/mol. The van der Waals surface area contributed by atoms with Crippen LogP contribution >= 0.6 is 23.2 Å². The summed E-state index contributed by atoms with van der Waals surface area (Å²) < 4.78 is 4.90. The largest absolute Gasteiger partial charge is 0.462 e. The van der Waals surface area contributed by atoms with Crippen molar-refractivity contribution in [1.82, 2.24) is 9.88 Å². The summed E-state index contributed by atoms with van der Waals surface area (Å²) in [6.07, 6.45) is 2.64. The molecule has 0 aliphatic rings. The number of hydrogen-bond acceptors (Lipinski definition) is 5. The molecule has 0 aliphatic heterocycles. The summed E-state index contributed by atoms with van der Waals surface area (Å²) in [5.74, 6) is -1.26. The number of hydrogen-bond donors (Lipinski definition) is 0. The molecule has 0 saturated carbocycles. The van der Waals surface area contributed by atoms with E-state index in [0.717, 1.165) is 0 Å². The van der Waals surface area contributed by atoms with Crippen molar-refractivity contribution < 1.29 is 14.3 Å². The first kappa shape index (κ1) is 17.5. The molecule has 0 aromatic carbocycles. The van der Waals surface area contributed by atoms with Crippen LogP contribution < -0.4 is 0 Å². The van der Waals surface area contributed by atoms with E-state index in [-0.39, 0.29) is 27.9 Å². The Bertz CT molecular complexity index is 598. The second kappa shape index (κ2) is 7.43. The lowest BCUT2D eigenvalue weighted by atomic mass is 10.0. The lowest BCUT2D eigenvalue weighted by molar-refractivity contribution is -0.138. The molecule has 0 atom stereocenters. The Morgan fingerprint density at radius 3 is 2.52 bits per heavy atom. The van der Waals surface area contributed by atoms with Crippen LogP contribution in [-0.2, 0) is 9.53 Å². The molecular formula is C14H16Cl2N2O3.